The number of nitrogens with one attached hydrogen (secondary N) is 1. The summed E-state index contributed by atoms with van der Waals surface area (Å²) in [5.41, 5.74) is 6.48. The number of aromatic nitrogens is 4. The van der Waals surface area contributed by atoms with Gasteiger partial charge in [0.15, 0.2) is 5.65 Å². The van der Waals surface area contributed by atoms with E-state index in [1.54, 1.807) is 6.33 Å². The number of benzene rings is 1. The summed E-state index contributed by atoms with van der Waals surface area (Å²) in [5, 5.41) is 9.40. The summed E-state index contributed by atoms with van der Waals surface area (Å²) in [4.78, 5) is 18.0. The van der Waals surface area contributed by atoms with Crippen LogP contribution in [0.3, 0.4) is 0 Å². The lowest BCUT2D eigenvalue weighted by molar-refractivity contribution is 0.0205. The summed E-state index contributed by atoms with van der Waals surface area (Å²) in [7, 11) is 0. The maximum atomic E-state index is 12.4. The van der Waals surface area contributed by atoms with Crippen LogP contribution in [-0.2, 0) is 4.74 Å². The molecular formula is C27H33N5O2. The number of nitrogens with zero attached hydrogens (tertiary/aromatic N) is 4. The molecule has 5 rings (SSSR count). The topological polar surface area (TPSA) is 75.5 Å². The van der Waals surface area contributed by atoms with Gasteiger partial charge >= 0.3 is 6.09 Å². The molecule has 1 aromatic carbocycles. The third-order valence-corrected chi connectivity index (χ3v) is 6.64. The predicted octanol–water partition coefficient (Wildman–Crippen LogP) is 6.12. The van der Waals surface area contributed by atoms with E-state index in [0.29, 0.717) is 11.8 Å². The van der Waals surface area contributed by atoms with Gasteiger partial charge in [-0.1, -0.05) is 19.9 Å². The van der Waals surface area contributed by atoms with Gasteiger partial charge < -0.3 is 14.6 Å². The Labute approximate surface area is 200 Å². The van der Waals surface area contributed by atoms with Crippen LogP contribution >= 0.6 is 0 Å². The van der Waals surface area contributed by atoms with Crippen LogP contribution in [0, 0.1) is 0 Å². The number of carbonyl (C=O) groups is 1. The molecule has 0 aliphatic carbocycles. The van der Waals surface area contributed by atoms with Crippen molar-refractivity contribution in [2.45, 2.75) is 64.9 Å². The molecule has 1 aliphatic heterocycles. The summed E-state index contributed by atoms with van der Waals surface area (Å²) in [6.07, 6.45) is 5.51. The van der Waals surface area contributed by atoms with E-state index in [1.165, 1.54) is 16.5 Å². The van der Waals surface area contributed by atoms with Crippen LogP contribution in [-0.4, -0.2) is 49.3 Å². The fourth-order valence-corrected chi connectivity index (χ4v) is 5.01. The van der Waals surface area contributed by atoms with Gasteiger partial charge in [-0.3, -0.25) is 4.40 Å². The Morgan fingerprint density at radius 2 is 1.91 bits per heavy atom. The van der Waals surface area contributed by atoms with Gasteiger partial charge in [-0.2, -0.15) is 0 Å². The minimum atomic E-state index is -0.461. The van der Waals surface area contributed by atoms with Gasteiger partial charge in [-0.15, -0.1) is 10.2 Å². The molecular weight excluding hydrogens is 426 g/mol. The molecule has 0 unspecified atom stereocenters. The summed E-state index contributed by atoms with van der Waals surface area (Å²) in [6, 6.07) is 10.9. The maximum Gasteiger partial charge on any atom is 0.410 e. The third kappa shape index (κ3) is 4.27. The SMILES string of the molecule is CC(C)c1c(-c2ccc3nncn3c2)[nH]c2ccc(C3CCN(C(=O)OC(C)(C)C)CC3)cc12. The summed E-state index contributed by atoms with van der Waals surface area (Å²) in [6.45, 7) is 11.7. The van der Waals surface area contributed by atoms with Crippen molar-refractivity contribution in [3.63, 3.8) is 0 Å². The second kappa shape index (κ2) is 8.46. The molecule has 7 nitrogen and oxygen atoms in total. The highest BCUT2D eigenvalue weighted by molar-refractivity contribution is 5.92. The Morgan fingerprint density at radius 1 is 1.15 bits per heavy atom. The molecule has 1 aliphatic rings. The minimum Gasteiger partial charge on any atom is -0.444 e. The van der Waals surface area contributed by atoms with Crippen LogP contribution in [0.2, 0.25) is 0 Å². The average Bonchev–Trinajstić information content (AvgIpc) is 3.41. The molecule has 0 saturated carbocycles. The average molecular weight is 460 g/mol. The van der Waals surface area contributed by atoms with Crippen molar-refractivity contribution in [3.8, 4) is 11.3 Å². The fraction of sp³-hybridized carbons (Fsp3) is 0.444. The Morgan fingerprint density at radius 3 is 2.62 bits per heavy atom. The van der Waals surface area contributed by atoms with Crippen molar-refractivity contribution in [1.29, 1.82) is 0 Å². The van der Waals surface area contributed by atoms with Crippen LogP contribution in [0.5, 0.6) is 0 Å². The number of amides is 1. The van der Waals surface area contributed by atoms with Crippen LogP contribution < -0.4 is 0 Å². The zero-order valence-electron chi connectivity index (χ0n) is 20.6. The zero-order chi connectivity index (χ0) is 24.0. The number of rotatable bonds is 3. The number of likely N-dealkylation sites (tertiary alicyclic amines) is 1. The van der Waals surface area contributed by atoms with Gasteiger partial charge in [0.1, 0.15) is 11.9 Å². The molecule has 4 aromatic rings. The molecule has 1 N–H and O–H groups in total. The molecule has 178 valence electrons. The Bertz CT molecular complexity index is 1340. The number of H-pyrrole nitrogens is 1. The first kappa shape index (κ1) is 22.4. The highest BCUT2D eigenvalue weighted by Crippen LogP contribution is 2.38. The largest absolute Gasteiger partial charge is 0.444 e. The second-order valence-corrected chi connectivity index (χ2v) is 10.6. The van der Waals surface area contributed by atoms with E-state index in [9.17, 15) is 4.79 Å². The normalized spacial score (nSPS) is 15.5. The van der Waals surface area contributed by atoms with E-state index in [1.807, 2.05) is 36.1 Å². The number of aromatic amines is 1. The van der Waals surface area contributed by atoms with Gasteiger partial charge in [0.05, 0.1) is 5.69 Å². The highest BCUT2D eigenvalue weighted by atomic mass is 16.6. The van der Waals surface area contributed by atoms with Gasteiger partial charge in [0, 0.05) is 35.8 Å². The van der Waals surface area contributed by atoms with Crippen LogP contribution in [0.25, 0.3) is 27.8 Å². The van der Waals surface area contributed by atoms with E-state index in [-0.39, 0.29) is 6.09 Å². The molecule has 0 atom stereocenters. The van der Waals surface area contributed by atoms with Gasteiger partial charge in [-0.25, -0.2) is 4.79 Å². The lowest BCUT2D eigenvalue weighted by Gasteiger charge is -2.33. The third-order valence-electron chi connectivity index (χ3n) is 6.64. The van der Waals surface area contributed by atoms with Crippen LogP contribution in [0.15, 0.2) is 42.9 Å². The maximum absolute atomic E-state index is 12.4. The molecule has 3 aromatic heterocycles. The molecule has 0 bridgehead atoms. The van der Waals surface area contributed by atoms with Crippen molar-refractivity contribution < 1.29 is 9.53 Å². The number of piperidine rings is 1. The Hall–Kier alpha value is -3.35. The van der Waals surface area contributed by atoms with Gasteiger partial charge in [0.25, 0.3) is 0 Å². The summed E-state index contributed by atoms with van der Waals surface area (Å²) >= 11 is 0. The van der Waals surface area contributed by atoms with Gasteiger partial charge in [-0.05, 0) is 80.8 Å². The molecule has 7 heteroatoms. The number of carbonyl (C=O) groups excluding carboxylic acids is 1. The van der Waals surface area contributed by atoms with E-state index >= 15 is 0 Å². The standard InChI is InChI=1S/C27H33N5O2/c1-17(2)24-21-14-19(18-10-12-31(13-11-18)26(33)34-27(3,4)5)6-8-22(21)29-25(24)20-7-9-23-30-28-16-32(23)15-20/h6-9,14-18,29H,10-13H2,1-5H3. The first-order chi connectivity index (χ1) is 16.2. The fourth-order valence-electron chi connectivity index (χ4n) is 5.01. The molecule has 1 amide bonds. The predicted molar refractivity (Wildman–Crippen MR) is 134 cm³/mol. The molecule has 1 saturated heterocycles. The smallest absolute Gasteiger partial charge is 0.410 e. The number of hydrogen-bond donors (Lipinski definition) is 1. The molecule has 1 fully saturated rings. The van der Waals surface area contributed by atoms with E-state index < -0.39 is 5.60 Å². The van der Waals surface area contributed by atoms with Crippen LogP contribution in [0.4, 0.5) is 4.79 Å². The molecule has 0 spiro atoms. The summed E-state index contributed by atoms with van der Waals surface area (Å²) in [5.74, 6) is 0.805. The highest BCUT2D eigenvalue weighted by Gasteiger charge is 2.28. The van der Waals surface area contributed by atoms with E-state index in [0.717, 1.165) is 48.4 Å². The lowest BCUT2D eigenvalue weighted by Crippen LogP contribution is -2.41. The zero-order valence-corrected chi connectivity index (χ0v) is 20.6. The molecule has 0 radical (unpaired) electrons. The molecule has 34 heavy (non-hydrogen) atoms. The molecule has 4 heterocycles. The van der Waals surface area contributed by atoms with Crippen molar-refractivity contribution >= 4 is 22.6 Å². The van der Waals surface area contributed by atoms with Crippen molar-refractivity contribution in [3.05, 3.63) is 54.0 Å². The lowest BCUT2D eigenvalue weighted by atomic mass is 9.87. The number of ether oxygens (including phenoxy) is 1. The summed E-state index contributed by atoms with van der Waals surface area (Å²) < 4.78 is 7.51. The number of pyridine rings is 1. The van der Waals surface area contributed by atoms with Crippen LogP contribution in [0.1, 0.15) is 70.4 Å². The van der Waals surface area contributed by atoms with E-state index in [2.05, 4.69) is 59.5 Å². The Balaban J connectivity index is 1.42. The first-order valence-electron chi connectivity index (χ1n) is 12.1. The second-order valence-electron chi connectivity index (χ2n) is 10.6. The first-order valence-corrected chi connectivity index (χ1v) is 12.1. The minimum absolute atomic E-state index is 0.205. The van der Waals surface area contributed by atoms with Crippen molar-refractivity contribution in [2.75, 3.05) is 13.1 Å². The van der Waals surface area contributed by atoms with Crippen molar-refractivity contribution in [2.24, 2.45) is 0 Å². The van der Waals surface area contributed by atoms with Crippen molar-refractivity contribution in [1.82, 2.24) is 24.5 Å². The Kier molecular flexibility index (Phi) is 5.58. The van der Waals surface area contributed by atoms with Gasteiger partial charge in [0.2, 0.25) is 0 Å². The quantitative estimate of drug-likeness (QED) is 0.401. The monoisotopic (exact) mass is 459 g/mol. The number of fused-ring (bicyclic) bond motifs is 2. The van der Waals surface area contributed by atoms with E-state index in [4.69, 9.17) is 4.74 Å². The number of hydrogen-bond acceptors (Lipinski definition) is 4.